The van der Waals surface area contributed by atoms with Crippen LogP contribution >= 0.6 is 11.6 Å². The van der Waals surface area contributed by atoms with E-state index < -0.39 is 0 Å². The van der Waals surface area contributed by atoms with Gasteiger partial charge in [-0.25, -0.2) is 4.39 Å². The van der Waals surface area contributed by atoms with Crippen LogP contribution in [0.3, 0.4) is 0 Å². The molecule has 0 aliphatic rings. The summed E-state index contributed by atoms with van der Waals surface area (Å²) in [6, 6.07) is 6.45. The van der Waals surface area contributed by atoms with Crippen LogP contribution in [0.2, 0.25) is 5.15 Å². The zero-order valence-electron chi connectivity index (χ0n) is 10.1. The van der Waals surface area contributed by atoms with Crippen LogP contribution in [0.5, 0.6) is 5.88 Å². The Balaban J connectivity index is 2.17. The Morgan fingerprint density at radius 2 is 1.89 bits per heavy atom. The Morgan fingerprint density at radius 3 is 2.61 bits per heavy atom. The van der Waals surface area contributed by atoms with E-state index >= 15 is 0 Å². The summed E-state index contributed by atoms with van der Waals surface area (Å²) in [5.41, 5.74) is 2.10. The van der Waals surface area contributed by atoms with Crippen LogP contribution in [-0.2, 0) is 6.61 Å². The fourth-order valence-corrected chi connectivity index (χ4v) is 1.63. The fourth-order valence-electron chi connectivity index (χ4n) is 1.45. The Kier molecular flexibility index (Phi) is 3.77. The number of rotatable bonds is 3. The predicted octanol–water partition coefficient (Wildman–Crippen LogP) is 3.46. The average Bonchev–Trinajstić information content (AvgIpc) is 2.37. The second kappa shape index (κ2) is 5.31. The maximum atomic E-state index is 13.4. The first-order valence-corrected chi connectivity index (χ1v) is 5.83. The molecule has 5 heteroatoms. The zero-order chi connectivity index (χ0) is 13.1. The summed E-state index contributed by atoms with van der Waals surface area (Å²) < 4.78 is 18.9. The molecule has 0 amide bonds. The summed E-state index contributed by atoms with van der Waals surface area (Å²) in [5.74, 6) is 0.0777. The zero-order valence-corrected chi connectivity index (χ0v) is 10.8. The van der Waals surface area contributed by atoms with Crippen molar-refractivity contribution in [2.24, 2.45) is 0 Å². The van der Waals surface area contributed by atoms with Gasteiger partial charge in [-0.3, -0.25) is 0 Å². The monoisotopic (exact) mass is 266 g/mol. The molecule has 2 aromatic rings. The van der Waals surface area contributed by atoms with Crippen molar-refractivity contribution in [1.29, 1.82) is 0 Å². The van der Waals surface area contributed by atoms with Crippen LogP contribution in [0, 0.1) is 19.7 Å². The minimum atomic E-state index is -0.297. The topological polar surface area (TPSA) is 35.0 Å². The Morgan fingerprint density at radius 1 is 1.17 bits per heavy atom. The van der Waals surface area contributed by atoms with Gasteiger partial charge in [-0.05, 0) is 25.5 Å². The third kappa shape index (κ3) is 2.59. The van der Waals surface area contributed by atoms with Gasteiger partial charge < -0.3 is 4.74 Å². The summed E-state index contributed by atoms with van der Waals surface area (Å²) >= 11 is 5.84. The molecule has 0 saturated carbocycles. The molecule has 94 valence electrons. The Bertz CT molecular complexity index is 575. The minimum absolute atomic E-state index is 0.114. The third-order valence-corrected chi connectivity index (χ3v) is 3.10. The maximum absolute atomic E-state index is 13.4. The molecule has 0 unspecified atom stereocenters. The van der Waals surface area contributed by atoms with E-state index in [4.69, 9.17) is 16.3 Å². The summed E-state index contributed by atoms with van der Waals surface area (Å²) in [6.45, 7) is 3.79. The van der Waals surface area contributed by atoms with Crippen LogP contribution in [-0.4, -0.2) is 10.2 Å². The highest BCUT2D eigenvalue weighted by Gasteiger charge is 2.10. The molecule has 0 aliphatic carbocycles. The normalized spacial score (nSPS) is 10.4. The van der Waals surface area contributed by atoms with Gasteiger partial charge in [-0.2, -0.15) is 0 Å². The summed E-state index contributed by atoms with van der Waals surface area (Å²) in [7, 11) is 0. The van der Waals surface area contributed by atoms with Crippen molar-refractivity contribution in [3.8, 4) is 5.88 Å². The molecule has 0 bridgehead atoms. The Labute approximate surface area is 110 Å². The number of halogens is 2. The number of hydrogen-bond acceptors (Lipinski definition) is 3. The van der Waals surface area contributed by atoms with E-state index in [0.29, 0.717) is 16.6 Å². The second-order valence-corrected chi connectivity index (χ2v) is 4.28. The SMILES string of the molecule is Cc1c(Cl)nnc(OCc2ccccc2F)c1C. The van der Waals surface area contributed by atoms with E-state index in [2.05, 4.69) is 10.2 Å². The van der Waals surface area contributed by atoms with Gasteiger partial charge in [0.1, 0.15) is 12.4 Å². The van der Waals surface area contributed by atoms with E-state index in [1.807, 2.05) is 13.8 Å². The molecular weight excluding hydrogens is 255 g/mol. The molecule has 0 radical (unpaired) electrons. The molecule has 1 aromatic heterocycles. The first-order chi connectivity index (χ1) is 8.59. The highest BCUT2D eigenvalue weighted by Crippen LogP contribution is 2.23. The lowest BCUT2D eigenvalue weighted by Gasteiger charge is -2.10. The predicted molar refractivity (Wildman–Crippen MR) is 67.2 cm³/mol. The smallest absolute Gasteiger partial charge is 0.237 e. The van der Waals surface area contributed by atoms with Gasteiger partial charge in [-0.1, -0.05) is 29.8 Å². The number of aromatic nitrogens is 2. The number of ether oxygens (including phenoxy) is 1. The molecule has 2 rings (SSSR count). The van der Waals surface area contributed by atoms with Crippen LogP contribution in [0.15, 0.2) is 24.3 Å². The van der Waals surface area contributed by atoms with Crippen molar-refractivity contribution in [2.45, 2.75) is 20.5 Å². The molecule has 0 saturated heterocycles. The first-order valence-electron chi connectivity index (χ1n) is 5.45. The average molecular weight is 267 g/mol. The number of nitrogens with zero attached hydrogens (tertiary/aromatic N) is 2. The van der Waals surface area contributed by atoms with Crippen molar-refractivity contribution in [3.63, 3.8) is 0 Å². The van der Waals surface area contributed by atoms with Crippen molar-refractivity contribution in [2.75, 3.05) is 0 Å². The fraction of sp³-hybridized carbons (Fsp3) is 0.231. The molecule has 18 heavy (non-hydrogen) atoms. The molecule has 3 nitrogen and oxygen atoms in total. The van der Waals surface area contributed by atoms with Gasteiger partial charge in [0, 0.05) is 11.1 Å². The molecule has 0 aliphatic heterocycles. The van der Waals surface area contributed by atoms with Crippen molar-refractivity contribution in [3.05, 3.63) is 51.9 Å². The summed E-state index contributed by atoms with van der Waals surface area (Å²) in [6.07, 6.45) is 0. The lowest BCUT2D eigenvalue weighted by atomic mass is 10.2. The molecule has 1 heterocycles. The van der Waals surface area contributed by atoms with Crippen molar-refractivity contribution in [1.82, 2.24) is 10.2 Å². The van der Waals surface area contributed by atoms with Crippen LogP contribution in [0.1, 0.15) is 16.7 Å². The Hall–Kier alpha value is -1.68. The highest BCUT2D eigenvalue weighted by molar-refractivity contribution is 6.30. The molecule has 0 spiro atoms. The lowest BCUT2D eigenvalue weighted by molar-refractivity contribution is 0.282. The molecule has 1 aromatic carbocycles. The minimum Gasteiger partial charge on any atom is -0.471 e. The summed E-state index contributed by atoms with van der Waals surface area (Å²) in [5, 5.41) is 7.98. The van der Waals surface area contributed by atoms with E-state index in [-0.39, 0.29) is 12.4 Å². The molecule has 0 fully saturated rings. The molecule has 0 N–H and O–H groups in total. The standard InChI is InChI=1S/C13H12ClFN2O/c1-8-9(2)13(17-16-12(8)14)18-7-10-5-3-4-6-11(10)15/h3-6H,7H2,1-2H3. The van der Waals surface area contributed by atoms with E-state index in [1.54, 1.807) is 18.2 Å². The van der Waals surface area contributed by atoms with Gasteiger partial charge in [0.25, 0.3) is 0 Å². The van der Waals surface area contributed by atoms with Crippen LogP contribution in [0.25, 0.3) is 0 Å². The highest BCUT2D eigenvalue weighted by atomic mass is 35.5. The second-order valence-electron chi connectivity index (χ2n) is 3.93. The van der Waals surface area contributed by atoms with E-state index in [1.165, 1.54) is 6.07 Å². The maximum Gasteiger partial charge on any atom is 0.237 e. The van der Waals surface area contributed by atoms with E-state index in [9.17, 15) is 4.39 Å². The van der Waals surface area contributed by atoms with Gasteiger partial charge in [0.2, 0.25) is 5.88 Å². The summed E-state index contributed by atoms with van der Waals surface area (Å²) in [4.78, 5) is 0. The lowest BCUT2D eigenvalue weighted by Crippen LogP contribution is -2.03. The first kappa shape index (κ1) is 12.8. The van der Waals surface area contributed by atoms with Gasteiger partial charge in [-0.15, -0.1) is 10.2 Å². The van der Waals surface area contributed by atoms with Crippen molar-refractivity contribution >= 4 is 11.6 Å². The molecule has 0 atom stereocenters. The molecular formula is C13H12ClFN2O. The van der Waals surface area contributed by atoms with Crippen molar-refractivity contribution < 1.29 is 9.13 Å². The van der Waals surface area contributed by atoms with Crippen LogP contribution < -0.4 is 4.74 Å². The number of benzene rings is 1. The largest absolute Gasteiger partial charge is 0.471 e. The number of hydrogen-bond donors (Lipinski definition) is 0. The van der Waals surface area contributed by atoms with Crippen LogP contribution in [0.4, 0.5) is 4.39 Å². The van der Waals surface area contributed by atoms with Gasteiger partial charge in [0.15, 0.2) is 5.15 Å². The van der Waals surface area contributed by atoms with Gasteiger partial charge in [0.05, 0.1) is 0 Å². The van der Waals surface area contributed by atoms with Gasteiger partial charge >= 0.3 is 0 Å². The quantitative estimate of drug-likeness (QED) is 0.853. The van der Waals surface area contributed by atoms with E-state index in [0.717, 1.165) is 11.1 Å². The third-order valence-electron chi connectivity index (χ3n) is 2.74.